The Morgan fingerprint density at radius 2 is 1.48 bits per heavy atom. The van der Waals surface area contributed by atoms with Crippen LogP contribution < -0.4 is 16.4 Å². The zero-order valence-electron chi connectivity index (χ0n) is 15.3. The Hall–Kier alpha value is -3.64. The molecule has 0 aliphatic carbocycles. The largest absolute Gasteiger partial charge is 0.369 e. The van der Waals surface area contributed by atoms with E-state index in [0.29, 0.717) is 5.02 Å². The number of hydrogen-bond donors (Lipinski definition) is 3. The van der Waals surface area contributed by atoms with Gasteiger partial charge in [-0.2, -0.15) is 4.99 Å². The summed E-state index contributed by atoms with van der Waals surface area (Å²) < 4.78 is 0. The number of nitrogens with zero attached hydrogens (tertiary/aromatic N) is 2. The highest BCUT2D eigenvalue weighted by Crippen LogP contribution is 2.37. The van der Waals surface area contributed by atoms with Crippen LogP contribution in [0.25, 0.3) is 0 Å². The maximum absolute atomic E-state index is 13.1. The van der Waals surface area contributed by atoms with E-state index in [9.17, 15) is 4.79 Å². The summed E-state index contributed by atoms with van der Waals surface area (Å²) in [7, 11) is 0. The van der Waals surface area contributed by atoms with E-state index in [-0.39, 0.29) is 17.8 Å². The summed E-state index contributed by atoms with van der Waals surface area (Å²) in [5.74, 6) is -0.0436. The molecule has 7 heteroatoms. The van der Waals surface area contributed by atoms with Crippen LogP contribution in [0.2, 0.25) is 5.02 Å². The Bertz CT molecular complexity index is 1040. The van der Waals surface area contributed by atoms with Gasteiger partial charge in [-0.05, 0) is 35.4 Å². The van der Waals surface area contributed by atoms with Gasteiger partial charge in [-0.3, -0.25) is 10.1 Å². The molecule has 0 radical (unpaired) electrons. The summed E-state index contributed by atoms with van der Waals surface area (Å²) in [5.41, 5.74) is 7.01. The van der Waals surface area contributed by atoms with Crippen LogP contribution >= 0.6 is 11.6 Å². The van der Waals surface area contributed by atoms with Gasteiger partial charge in [-0.15, -0.1) is 0 Å². The lowest BCUT2D eigenvalue weighted by Gasteiger charge is -2.24. The first kappa shape index (κ1) is 18.7. The van der Waals surface area contributed by atoms with E-state index >= 15 is 0 Å². The maximum Gasteiger partial charge on any atom is 0.264 e. The second-order valence-electron chi connectivity index (χ2n) is 6.46. The van der Waals surface area contributed by atoms with Crippen molar-refractivity contribution >= 4 is 35.1 Å². The molecular weight excluding hydrogens is 386 g/mol. The summed E-state index contributed by atoms with van der Waals surface area (Å²) in [6.07, 6.45) is 0. The fraction of sp³-hybridized carbons (Fsp3) is 0.0455. The second kappa shape index (κ2) is 7.77. The molecule has 29 heavy (non-hydrogen) atoms. The van der Waals surface area contributed by atoms with Crippen molar-refractivity contribution in [1.29, 1.82) is 0 Å². The number of halogens is 1. The molecule has 0 saturated carbocycles. The average molecular weight is 404 g/mol. The van der Waals surface area contributed by atoms with Crippen LogP contribution in [0.1, 0.15) is 11.1 Å². The number of amides is 1. The van der Waals surface area contributed by atoms with Gasteiger partial charge in [0, 0.05) is 10.7 Å². The SMILES string of the molecule is N/C(=N\C1=NC(c2ccccc2)(c2ccccc2)C(=O)N1)Nc1ccc(Cl)cc1. The Morgan fingerprint density at radius 3 is 2.03 bits per heavy atom. The molecule has 1 aliphatic rings. The van der Waals surface area contributed by atoms with Crippen LogP contribution in [0.3, 0.4) is 0 Å². The van der Waals surface area contributed by atoms with Crippen LogP contribution in [0, 0.1) is 0 Å². The molecule has 0 fully saturated rings. The Kier molecular flexibility index (Phi) is 5.01. The second-order valence-corrected chi connectivity index (χ2v) is 6.90. The highest BCUT2D eigenvalue weighted by atomic mass is 35.5. The molecule has 3 aromatic rings. The lowest BCUT2D eigenvalue weighted by Crippen LogP contribution is -2.38. The van der Waals surface area contributed by atoms with Gasteiger partial charge in [-0.25, -0.2) is 4.99 Å². The normalized spacial score (nSPS) is 15.6. The molecule has 3 aromatic carbocycles. The number of anilines is 1. The minimum absolute atomic E-state index is 0.100. The van der Waals surface area contributed by atoms with Gasteiger partial charge in [0.2, 0.25) is 11.9 Å². The third-order valence-electron chi connectivity index (χ3n) is 4.55. The monoisotopic (exact) mass is 403 g/mol. The third kappa shape index (κ3) is 3.70. The molecule has 1 amide bonds. The summed E-state index contributed by atoms with van der Waals surface area (Å²) in [4.78, 5) is 22.0. The fourth-order valence-electron chi connectivity index (χ4n) is 3.22. The quantitative estimate of drug-likeness (QED) is 0.461. The van der Waals surface area contributed by atoms with Crippen LogP contribution in [0.15, 0.2) is 94.9 Å². The minimum Gasteiger partial charge on any atom is -0.369 e. The molecule has 0 saturated heterocycles. The number of rotatable bonds is 3. The molecule has 0 aromatic heterocycles. The molecular formula is C22H18ClN5O. The summed E-state index contributed by atoms with van der Waals surface area (Å²) in [5, 5.41) is 6.32. The van der Waals surface area contributed by atoms with E-state index in [4.69, 9.17) is 17.3 Å². The van der Waals surface area contributed by atoms with Crippen molar-refractivity contribution < 1.29 is 4.79 Å². The van der Waals surface area contributed by atoms with Crippen molar-refractivity contribution in [2.24, 2.45) is 15.7 Å². The van der Waals surface area contributed by atoms with E-state index in [2.05, 4.69) is 20.6 Å². The van der Waals surface area contributed by atoms with Crippen molar-refractivity contribution in [3.63, 3.8) is 0 Å². The van der Waals surface area contributed by atoms with E-state index in [1.54, 1.807) is 24.3 Å². The molecule has 1 heterocycles. The first-order valence-corrected chi connectivity index (χ1v) is 9.35. The number of carbonyl (C=O) groups is 1. The third-order valence-corrected chi connectivity index (χ3v) is 4.81. The van der Waals surface area contributed by atoms with Gasteiger partial charge in [0.1, 0.15) is 0 Å². The summed E-state index contributed by atoms with van der Waals surface area (Å²) in [6.45, 7) is 0. The maximum atomic E-state index is 13.1. The zero-order chi connectivity index (χ0) is 20.3. The van der Waals surface area contributed by atoms with Gasteiger partial charge in [0.15, 0.2) is 5.54 Å². The van der Waals surface area contributed by atoms with Crippen LogP contribution in [-0.4, -0.2) is 17.8 Å². The van der Waals surface area contributed by atoms with E-state index in [0.717, 1.165) is 16.8 Å². The number of hydrogen-bond acceptors (Lipinski definition) is 3. The molecule has 0 atom stereocenters. The lowest BCUT2D eigenvalue weighted by molar-refractivity contribution is -0.122. The first-order chi connectivity index (χ1) is 14.1. The number of nitrogens with one attached hydrogen (secondary N) is 2. The molecule has 4 rings (SSSR count). The molecule has 0 spiro atoms. The Balaban J connectivity index is 1.72. The van der Waals surface area contributed by atoms with Crippen molar-refractivity contribution in [2.75, 3.05) is 5.32 Å². The van der Waals surface area contributed by atoms with Crippen LogP contribution in [-0.2, 0) is 10.3 Å². The highest BCUT2D eigenvalue weighted by molar-refractivity contribution is 6.30. The predicted octanol–water partition coefficient (Wildman–Crippen LogP) is 3.50. The topological polar surface area (TPSA) is 91.9 Å². The lowest BCUT2D eigenvalue weighted by atomic mass is 9.83. The van der Waals surface area contributed by atoms with E-state index < -0.39 is 5.54 Å². The summed E-state index contributed by atoms with van der Waals surface area (Å²) in [6, 6.07) is 25.8. The van der Waals surface area contributed by atoms with Crippen molar-refractivity contribution in [2.45, 2.75) is 5.54 Å². The molecule has 0 bridgehead atoms. The first-order valence-electron chi connectivity index (χ1n) is 8.97. The van der Waals surface area contributed by atoms with Gasteiger partial charge < -0.3 is 11.1 Å². The Labute approximate surface area is 173 Å². The van der Waals surface area contributed by atoms with Crippen molar-refractivity contribution in [1.82, 2.24) is 5.32 Å². The Morgan fingerprint density at radius 1 is 0.931 bits per heavy atom. The molecule has 6 nitrogen and oxygen atoms in total. The number of aliphatic imine (C=N–C) groups is 2. The molecule has 1 aliphatic heterocycles. The molecule has 4 N–H and O–H groups in total. The van der Waals surface area contributed by atoms with Crippen LogP contribution in [0.4, 0.5) is 5.69 Å². The van der Waals surface area contributed by atoms with Crippen molar-refractivity contribution in [3.8, 4) is 0 Å². The molecule has 144 valence electrons. The van der Waals surface area contributed by atoms with Crippen LogP contribution in [0.5, 0.6) is 0 Å². The number of guanidine groups is 2. The zero-order valence-corrected chi connectivity index (χ0v) is 16.1. The minimum atomic E-state index is -1.22. The van der Waals surface area contributed by atoms with E-state index in [1.165, 1.54) is 0 Å². The van der Waals surface area contributed by atoms with Gasteiger partial charge >= 0.3 is 0 Å². The van der Waals surface area contributed by atoms with Gasteiger partial charge in [0.25, 0.3) is 5.91 Å². The fourth-order valence-corrected chi connectivity index (χ4v) is 3.35. The number of benzene rings is 3. The summed E-state index contributed by atoms with van der Waals surface area (Å²) >= 11 is 5.89. The average Bonchev–Trinajstić information content (AvgIpc) is 3.07. The molecule has 0 unspecified atom stereocenters. The smallest absolute Gasteiger partial charge is 0.264 e. The number of nitrogens with two attached hydrogens (primary N) is 1. The predicted molar refractivity (Wildman–Crippen MR) is 116 cm³/mol. The number of carbonyl (C=O) groups excluding carboxylic acids is 1. The van der Waals surface area contributed by atoms with Crippen molar-refractivity contribution in [3.05, 3.63) is 101 Å². The highest BCUT2D eigenvalue weighted by Gasteiger charge is 2.47. The van der Waals surface area contributed by atoms with Gasteiger partial charge in [0.05, 0.1) is 0 Å². The standard InChI is InChI=1S/C22H18ClN5O/c23-17-11-13-18(14-12-17)25-20(24)27-21-26-19(29)22(28-21,15-7-3-1-4-8-15)16-9-5-2-6-10-16/h1-14H,(H4,24,25,26,27,28,29). The van der Waals surface area contributed by atoms with E-state index in [1.807, 2.05) is 60.7 Å². The van der Waals surface area contributed by atoms with Gasteiger partial charge in [-0.1, -0.05) is 72.3 Å².